The predicted octanol–water partition coefficient (Wildman–Crippen LogP) is 3.77. The van der Waals surface area contributed by atoms with Gasteiger partial charge in [-0.15, -0.1) is 0 Å². The second-order valence-corrected chi connectivity index (χ2v) is 5.52. The van der Waals surface area contributed by atoms with Crippen molar-refractivity contribution in [3.05, 3.63) is 49.2 Å². The van der Waals surface area contributed by atoms with Gasteiger partial charge in [0.1, 0.15) is 6.29 Å². The highest BCUT2D eigenvalue weighted by molar-refractivity contribution is 14.1. The Morgan fingerprint density at radius 2 is 1.81 bits per heavy atom. The van der Waals surface area contributed by atoms with E-state index in [-0.39, 0.29) is 0 Å². The molecule has 0 aliphatic rings. The molecule has 0 radical (unpaired) electrons. The van der Waals surface area contributed by atoms with Crippen molar-refractivity contribution < 1.29 is 4.79 Å². The van der Waals surface area contributed by atoms with Gasteiger partial charge in [-0.05, 0) is 69.4 Å². The van der Waals surface area contributed by atoms with Crippen LogP contribution in [-0.2, 0) is 0 Å². The lowest BCUT2D eigenvalue weighted by molar-refractivity contribution is 0.112. The van der Waals surface area contributed by atoms with Crippen molar-refractivity contribution >= 4 is 51.5 Å². The van der Waals surface area contributed by atoms with Gasteiger partial charge >= 0.3 is 0 Å². The molecule has 0 N–H and O–H groups in total. The van der Waals surface area contributed by atoms with Gasteiger partial charge in [0.25, 0.3) is 0 Å². The summed E-state index contributed by atoms with van der Waals surface area (Å²) in [6.45, 7) is 0. The Morgan fingerprint density at radius 3 is 2.31 bits per heavy atom. The highest BCUT2D eigenvalue weighted by Crippen LogP contribution is 2.29. The summed E-state index contributed by atoms with van der Waals surface area (Å²) in [7, 11) is 0. The molecule has 4 heteroatoms. The molecule has 16 heavy (non-hydrogen) atoms. The second kappa shape index (κ2) is 5.22. The molecule has 0 atom stereocenters. The fourth-order valence-electron chi connectivity index (χ4n) is 1.42. The molecule has 1 aromatic heterocycles. The lowest BCUT2D eigenvalue weighted by Gasteiger charge is -2.07. The topological polar surface area (TPSA) is 30.0 Å². The van der Waals surface area contributed by atoms with E-state index in [9.17, 15) is 4.79 Å². The summed E-state index contributed by atoms with van der Waals surface area (Å²) in [5.41, 5.74) is 2.73. The number of nitrogens with zero attached hydrogens (tertiary/aromatic N) is 1. The first-order valence-electron chi connectivity index (χ1n) is 4.58. The van der Waals surface area contributed by atoms with Crippen LogP contribution in [0.4, 0.5) is 0 Å². The molecule has 80 valence electrons. The summed E-state index contributed by atoms with van der Waals surface area (Å²) in [6.07, 6.45) is 2.64. The van der Waals surface area contributed by atoms with Gasteiger partial charge in [0.15, 0.2) is 0 Å². The molecule has 0 bridgehead atoms. The van der Waals surface area contributed by atoms with Crippen LogP contribution in [-0.4, -0.2) is 11.3 Å². The van der Waals surface area contributed by atoms with Crippen LogP contribution in [0.25, 0.3) is 11.3 Å². The molecule has 0 spiro atoms. The van der Waals surface area contributed by atoms with Gasteiger partial charge < -0.3 is 0 Å². The van der Waals surface area contributed by atoms with Crippen molar-refractivity contribution in [2.24, 2.45) is 0 Å². The predicted molar refractivity (Wildman–Crippen MR) is 80.5 cm³/mol. The van der Waals surface area contributed by atoms with E-state index in [1.54, 1.807) is 6.20 Å². The van der Waals surface area contributed by atoms with E-state index >= 15 is 0 Å². The van der Waals surface area contributed by atoms with Gasteiger partial charge in [-0.25, -0.2) is 0 Å². The monoisotopic (exact) mass is 435 g/mol. The Morgan fingerprint density at radius 1 is 1.12 bits per heavy atom. The summed E-state index contributed by atoms with van der Waals surface area (Å²) in [5.74, 6) is 0. The molecule has 0 aliphatic heterocycles. The number of carbonyl (C=O) groups is 1. The molecule has 2 aromatic rings. The summed E-state index contributed by atoms with van der Waals surface area (Å²) < 4.78 is 2.09. The maximum absolute atomic E-state index is 10.7. The third-order valence-corrected chi connectivity index (χ3v) is 3.82. The minimum atomic E-state index is 0.702. The quantitative estimate of drug-likeness (QED) is 0.532. The minimum Gasteiger partial charge on any atom is -0.298 e. The molecular formula is C12H7I2NO. The van der Waals surface area contributed by atoms with E-state index in [0.717, 1.165) is 24.7 Å². The van der Waals surface area contributed by atoms with Gasteiger partial charge in [-0.1, -0.05) is 6.07 Å². The van der Waals surface area contributed by atoms with E-state index in [1.165, 1.54) is 0 Å². The molecule has 0 fully saturated rings. The van der Waals surface area contributed by atoms with Gasteiger partial charge in [-0.3, -0.25) is 9.78 Å². The van der Waals surface area contributed by atoms with Crippen LogP contribution in [0.1, 0.15) is 10.4 Å². The third-order valence-electron chi connectivity index (χ3n) is 2.12. The number of aldehydes is 1. The molecule has 1 aromatic carbocycles. The fraction of sp³-hybridized carbons (Fsp3) is 0. The van der Waals surface area contributed by atoms with Gasteiger partial charge in [0.05, 0.1) is 5.69 Å². The second-order valence-electron chi connectivity index (χ2n) is 3.19. The Kier molecular flexibility index (Phi) is 3.91. The van der Waals surface area contributed by atoms with Crippen LogP contribution in [0.15, 0.2) is 36.5 Å². The van der Waals surface area contributed by atoms with Crippen LogP contribution in [0, 0.1) is 7.14 Å². The zero-order valence-corrected chi connectivity index (χ0v) is 12.5. The molecule has 2 rings (SSSR count). The van der Waals surface area contributed by atoms with Crippen molar-refractivity contribution in [2.45, 2.75) is 0 Å². The van der Waals surface area contributed by atoms with Crippen LogP contribution < -0.4 is 0 Å². The lowest BCUT2D eigenvalue weighted by Crippen LogP contribution is -1.93. The van der Waals surface area contributed by atoms with Gasteiger partial charge in [0, 0.05) is 24.5 Å². The van der Waals surface area contributed by atoms with E-state index in [0.29, 0.717) is 5.56 Å². The van der Waals surface area contributed by atoms with Crippen LogP contribution >= 0.6 is 45.2 Å². The standard InChI is InChI=1S/C12H7I2NO/c13-9-5-8(7-16)6-10(14)12(9)11-3-1-2-4-15-11/h1-7H. The van der Waals surface area contributed by atoms with Crippen LogP contribution in [0.5, 0.6) is 0 Å². The van der Waals surface area contributed by atoms with E-state index < -0.39 is 0 Å². The van der Waals surface area contributed by atoms with Crippen molar-refractivity contribution in [1.82, 2.24) is 4.98 Å². The lowest BCUT2D eigenvalue weighted by atomic mass is 10.1. The minimum absolute atomic E-state index is 0.702. The van der Waals surface area contributed by atoms with Gasteiger partial charge in [0.2, 0.25) is 0 Å². The van der Waals surface area contributed by atoms with Gasteiger partial charge in [-0.2, -0.15) is 0 Å². The number of pyridine rings is 1. The van der Waals surface area contributed by atoms with Crippen LogP contribution in [0.3, 0.4) is 0 Å². The first kappa shape index (κ1) is 12.0. The summed E-state index contributed by atoms with van der Waals surface area (Å²) >= 11 is 4.47. The Bertz CT molecular complexity index is 503. The number of aromatic nitrogens is 1. The van der Waals surface area contributed by atoms with Crippen molar-refractivity contribution in [3.8, 4) is 11.3 Å². The van der Waals surface area contributed by atoms with Crippen molar-refractivity contribution in [3.63, 3.8) is 0 Å². The number of hydrogen-bond donors (Lipinski definition) is 0. The molecule has 0 aliphatic carbocycles. The van der Waals surface area contributed by atoms with Crippen molar-refractivity contribution in [2.75, 3.05) is 0 Å². The molecule has 0 unspecified atom stereocenters. The maximum Gasteiger partial charge on any atom is 0.150 e. The molecule has 0 saturated heterocycles. The zero-order valence-electron chi connectivity index (χ0n) is 8.15. The summed E-state index contributed by atoms with van der Waals surface area (Å²) in [5, 5.41) is 0. The molecule has 2 nitrogen and oxygen atoms in total. The van der Waals surface area contributed by atoms with Crippen molar-refractivity contribution in [1.29, 1.82) is 0 Å². The normalized spacial score (nSPS) is 10.1. The molecule has 1 heterocycles. The summed E-state index contributed by atoms with van der Waals surface area (Å²) in [6, 6.07) is 9.57. The Labute approximate surface area is 121 Å². The SMILES string of the molecule is O=Cc1cc(I)c(-c2ccccn2)c(I)c1. The average molecular weight is 435 g/mol. The molecule has 0 saturated carbocycles. The smallest absolute Gasteiger partial charge is 0.150 e. The first-order valence-corrected chi connectivity index (χ1v) is 6.74. The number of halogens is 2. The maximum atomic E-state index is 10.7. The van der Waals surface area contributed by atoms with E-state index in [2.05, 4.69) is 50.2 Å². The summed E-state index contributed by atoms with van der Waals surface area (Å²) in [4.78, 5) is 15.1. The molecular weight excluding hydrogens is 428 g/mol. The number of hydrogen-bond acceptors (Lipinski definition) is 2. The van der Waals surface area contributed by atoms with Crippen LogP contribution in [0.2, 0.25) is 0 Å². The van der Waals surface area contributed by atoms with E-state index in [1.807, 2.05) is 30.3 Å². The number of benzene rings is 1. The molecule has 0 amide bonds. The Balaban J connectivity index is 2.62. The van der Waals surface area contributed by atoms with E-state index in [4.69, 9.17) is 0 Å². The zero-order chi connectivity index (χ0) is 11.5. The highest BCUT2D eigenvalue weighted by atomic mass is 127. The highest BCUT2D eigenvalue weighted by Gasteiger charge is 2.10. The first-order chi connectivity index (χ1) is 7.72. The average Bonchev–Trinajstić information content (AvgIpc) is 2.29. The third kappa shape index (κ3) is 2.42. The number of rotatable bonds is 2. The Hall–Kier alpha value is -0.500. The largest absolute Gasteiger partial charge is 0.298 e. The number of carbonyl (C=O) groups excluding carboxylic acids is 1. The fourth-order valence-corrected chi connectivity index (χ4v) is 3.79.